The first-order valence-corrected chi connectivity index (χ1v) is 10.3. The molecule has 152 valence electrons. The van der Waals surface area contributed by atoms with E-state index >= 15 is 0 Å². The fourth-order valence-electron chi connectivity index (χ4n) is 3.16. The molecule has 0 radical (unpaired) electrons. The topological polar surface area (TPSA) is 122 Å². The summed E-state index contributed by atoms with van der Waals surface area (Å²) >= 11 is 0. The van der Waals surface area contributed by atoms with Crippen molar-refractivity contribution in [3.05, 3.63) is 71.8 Å². The summed E-state index contributed by atoms with van der Waals surface area (Å²) in [7, 11) is -4.34. The van der Waals surface area contributed by atoms with E-state index in [1.165, 1.54) is 6.07 Å². The van der Waals surface area contributed by atoms with E-state index in [1.807, 2.05) is 13.0 Å². The van der Waals surface area contributed by atoms with Crippen LogP contribution in [0.5, 0.6) is 5.75 Å². The Kier molecular flexibility index (Phi) is 6.07. The van der Waals surface area contributed by atoms with Gasteiger partial charge in [-0.05, 0) is 47.9 Å². The number of nitrogen functional groups attached to an aromatic ring is 1. The number of hydrogen-bond donors (Lipinski definition) is 4. The van der Waals surface area contributed by atoms with Gasteiger partial charge >= 0.3 is 0 Å². The Hall–Kier alpha value is -3.07. The van der Waals surface area contributed by atoms with Gasteiger partial charge in [0.1, 0.15) is 10.6 Å². The van der Waals surface area contributed by atoms with Crippen LogP contribution in [0, 0.1) is 6.92 Å². The van der Waals surface area contributed by atoms with Gasteiger partial charge in [-0.25, -0.2) is 0 Å². The normalized spacial score (nSPS) is 11.3. The van der Waals surface area contributed by atoms with Crippen molar-refractivity contribution in [2.75, 3.05) is 17.8 Å². The first-order valence-electron chi connectivity index (χ1n) is 8.89. The van der Waals surface area contributed by atoms with Gasteiger partial charge in [0.15, 0.2) is 0 Å². The lowest BCUT2D eigenvalue weighted by Crippen LogP contribution is -2.06. The van der Waals surface area contributed by atoms with Crippen molar-refractivity contribution in [3.63, 3.8) is 0 Å². The summed E-state index contributed by atoms with van der Waals surface area (Å²) in [6, 6.07) is 16.8. The second-order valence-corrected chi connectivity index (χ2v) is 7.91. The second kappa shape index (κ2) is 8.52. The van der Waals surface area contributed by atoms with Crippen LogP contribution in [0.15, 0.2) is 65.6 Å². The van der Waals surface area contributed by atoms with E-state index in [-0.39, 0.29) is 4.90 Å². The molecule has 0 heterocycles. The average molecular weight is 414 g/mol. The third kappa shape index (κ3) is 4.68. The van der Waals surface area contributed by atoms with Gasteiger partial charge in [-0.3, -0.25) is 15.2 Å². The Labute approximate surface area is 169 Å². The van der Waals surface area contributed by atoms with Crippen molar-refractivity contribution in [1.29, 1.82) is 0 Å². The molecule has 3 rings (SSSR count). The van der Waals surface area contributed by atoms with Gasteiger partial charge in [0.2, 0.25) is 0 Å². The Morgan fingerprint density at radius 3 is 2.55 bits per heavy atom. The number of ether oxygens (including phenoxy) is 1. The highest BCUT2D eigenvalue weighted by molar-refractivity contribution is 7.86. The van der Waals surface area contributed by atoms with Crippen molar-refractivity contribution in [3.8, 4) is 16.9 Å². The molecule has 0 fully saturated rings. The molecule has 0 unspecified atom stereocenters. The average Bonchev–Trinajstić information content (AvgIpc) is 2.70. The third-order valence-electron chi connectivity index (χ3n) is 4.67. The zero-order valence-corrected chi connectivity index (χ0v) is 16.6. The Morgan fingerprint density at radius 1 is 1.07 bits per heavy atom. The van der Waals surface area contributed by atoms with Gasteiger partial charge in [-0.15, -0.1) is 0 Å². The largest absolute Gasteiger partial charge is 0.493 e. The van der Waals surface area contributed by atoms with Crippen LogP contribution < -0.4 is 16.0 Å². The zero-order chi connectivity index (χ0) is 21.0. The van der Waals surface area contributed by atoms with Gasteiger partial charge in [0, 0.05) is 12.0 Å². The van der Waals surface area contributed by atoms with E-state index in [9.17, 15) is 18.2 Å². The predicted molar refractivity (Wildman–Crippen MR) is 112 cm³/mol. The van der Waals surface area contributed by atoms with Crippen molar-refractivity contribution >= 4 is 21.5 Å². The van der Waals surface area contributed by atoms with Gasteiger partial charge < -0.3 is 10.5 Å². The Morgan fingerprint density at radius 2 is 1.83 bits per heavy atom. The molecule has 29 heavy (non-hydrogen) atoms. The molecule has 8 heteroatoms. The Balaban J connectivity index is 1.77. The summed E-state index contributed by atoms with van der Waals surface area (Å²) in [6.07, 6.45) is 0.590. The predicted octanol–water partition coefficient (Wildman–Crippen LogP) is 3.91. The SMILES string of the molecule is Cc1c(CCOc2cccc(-c3ccccc3S(=O)(=O)O)c2)ccc(N)c1NO. The molecule has 5 N–H and O–H groups in total. The van der Waals surface area contributed by atoms with Crippen molar-refractivity contribution in [2.24, 2.45) is 0 Å². The maximum atomic E-state index is 11.6. The van der Waals surface area contributed by atoms with Gasteiger partial charge in [0.05, 0.1) is 18.0 Å². The molecular formula is C21H22N2O5S. The van der Waals surface area contributed by atoms with Crippen LogP contribution in [-0.2, 0) is 16.5 Å². The maximum Gasteiger partial charge on any atom is 0.295 e. The number of anilines is 2. The highest BCUT2D eigenvalue weighted by atomic mass is 32.2. The minimum Gasteiger partial charge on any atom is -0.493 e. The van der Waals surface area contributed by atoms with Crippen LogP contribution in [0.2, 0.25) is 0 Å². The van der Waals surface area contributed by atoms with Crippen LogP contribution in [0.1, 0.15) is 11.1 Å². The zero-order valence-electron chi connectivity index (χ0n) is 15.8. The van der Waals surface area contributed by atoms with E-state index < -0.39 is 10.1 Å². The fourth-order valence-corrected chi connectivity index (χ4v) is 3.87. The van der Waals surface area contributed by atoms with Gasteiger partial charge in [0.25, 0.3) is 10.1 Å². The lowest BCUT2D eigenvalue weighted by atomic mass is 10.0. The standard InChI is InChI=1S/C21H22N2O5S/c1-14-15(9-10-19(22)21(14)23-24)11-12-28-17-6-4-5-16(13-17)18-7-2-3-8-20(18)29(25,26)27/h2-10,13,23-24H,11-12,22H2,1H3,(H,25,26,27). The summed E-state index contributed by atoms with van der Waals surface area (Å²) in [5, 5.41) is 9.22. The molecule has 0 aromatic heterocycles. The maximum absolute atomic E-state index is 11.6. The minimum absolute atomic E-state index is 0.154. The van der Waals surface area contributed by atoms with Gasteiger partial charge in [-0.1, -0.05) is 36.4 Å². The lowest BCUT2D eigenvalue weighted by Gasteiger charge is -2.14. The molecule has 3 aromatic rings. The molecule has 0 spiro atoms. The summed E-state index contributed by atoms with van der Waals surface area (Å²) in [4.78, 5) is -0.154. The van der Waals surface area contributed by atoms with E-state index in [2.05, 4.69) is 5.48 Å². The molecule has 0 amide bonds. The molecule has 0 bridgehead atoms. The Bertz CT molecular complexity index is 1130. The highest BCUT2D eigenvalue weighted by Crippen LogP contribution is 2.30. The van der Waals surface area contributed by atoms with Crippen molar-refractivity contribution < 1.29 is 22.9 Å². The number of rotatable bonds is 7. The van der Waals surface area contributed by atoms with Crippen LogP contribution >= 0.6 is 0 Å². The molecule has 0 aliphatic heterocycles. The van der Waals surface area contributed by atoms with E-state index in [4.69, 9.17) is 10.5 Å². The molecule has 0 aliphatic rings. The third-order valence-corrected chi connectivity index (χ3v) is 5.58. The second-order valence-electron chi connectivity index (χ2n) is 6.52. The van der Waals surface area contributed by atoms with Gasteiger partial charge in [-0.2, -0.15) is 8.42 Å². The smallest absolute Gasteiger partial charge is 0.295 e. The molecule has 0 aliphatic carbocycles. The molecule has 0 saturated heterocycles. The quantitative estimate of drug-likeness (QED) is 0.263. The number of nitrogens with one attached hydrogen (secondary N) is 1. The minimum atomic E-state index is -4.34. The van der Waals surface area contributed by atoms with Crippen LogP contribution in [0.25, 0.3) is 11.1 Å². The molecule has 0 saturated carbocycles. The number of hydrogen-bond acceptors (Lipinski definition) is 6. The summed E-state index contributed by atoms with van der Waals surface area (Å²) in [5.74, 6) is 0.571. The van der Waals surface area contributed by atoms with Crippen molar-refractivity contribution in [2.45, 2.75) is 18.2 Å². The molecular weight excluding hydrogens is 392 g/mol. The number of nitrogens with two attached hydrogens (primary N) is 1. The van der Waals surface area contributed by atoms with E-state index in [0.29, 0.717) is 41.3 Å². The van der Waals surface area contributed by atoms with Crippen LogP contribution in [0.4, 0.5) is 11.4 Å². The highest BCUT2D eigenvalue weighted by Gasteiger charge is 2.16. The first-order chi connectivity index (χ1) is 13.8. The van der Waals surface area contributed by atoms with E-state index in [0.717, 1.165) is 11.1 Å². The fraction of sp³-hybridized carbons (Fsp3) is 0.143. The summed E-state index contributed by atoms with van der Waals surface area (Å²) < 4.78 is 38.6. The number of benzene rings is 3. The molecule has 3 aromatic carbocycles. The summed E-state index contributed by atoms with van der Waals surface area (Å²) in [5.41, 5.74) is 11.7. The lowest BCUT2D eigenvalue weighted by molar-refractivity contribution is 0.322. The molecule has 7 nitrogen and oxygen atoms in total. The van der Waals surface area contributed by atoms with Crippen LogP contribution in [0.3, 0.4) is 0 Å². The van der Waals surface area contributed by atoms with E-state index in [1.54, 1.807) is 48.5 Å². The molecule has 0 atom stereocenters. The monoisotopic (exact) mass is 414 g/mol. The summed E-state index contributed by atoms with van der Waals surface area (Å²) in [6.45, 7) is 2.23. The van der Waals surface area contributed by atoms with Crippen molar-refractivity contribution in [1.82, 2.24) is 0 Å². The first kappa shape index (κ1) is 20.7. The van der Waals surface area contributed by atoms with Crippen LogP contribution in [-0.4, -0.2) is 24.8 Å².